The van der Waals surface area contributed by atoms with Gasteiger partial charge in [-0.3, -0.25) is 4.98 Å². The SMILES string of the molecule is c1ccc(CNCC2CCCN2c2cccnn2)nc1. The maximum Gasteiger partial charge on any atom is 0.151 e. The highest BCUT2D eigenvalue weighted by Crippen LogP contribution is 2.22. The van der Waals surface area contributed by atoms with Gasteiger partial charge in [-0.15, -0.1) is 5.10 Å². The minimum atomic E-state index is 0.496. The molecule has 0 bridgehead atoms. The summed E-state index contributed by atoms with van der Waals surface area (Å²) in [7, 11) is 0. The van der Waals surface area contributed by atoms with Gasteiger partial charge in [-0.05, 0) is 37.1 Å². The lowest BCUT2D eigenvalue weighted by Crippen LogP contribution is -2.38. The highest BCUT2D eigenvalue weighted by atomic mass is 15.3. The molecule has 1 atom stereocenters. The average Bonchev–Trinajstić information content (AvgIpc) is 2.98. The van der Waals surface area contributed by atoms with Crippen molar-refractivity contribution in [1.29, 1.82) is 0 Å². The van der Waals surface area contributed by atoms with E-state index in [2.05, 4.69) is 25.4 Å². The smallest absolute Gasteiger partial charge is 0.151 e. The van der Waals surface area contributed by atoms with Crippen molar-refractivity contribution >= 4 is 5.82 Å². The van der Waals surface area contributed by atoms with Crippen LogP contribution < -0.4 is 10.2 Å². The topological polar surface area (TPSA) is 53.9 Å². The molecular weight excluding hydrogens is 250 g/mol. The number of nitrogens with zero attached hydrogens (tertiary/aromatic N) is 4. The van der Waals surface area contributed by atoms with E-state index in [-0.39, 0.29) is 0 Å². The summed E-state index contributed by atoms with van der Waals surface area (Å²) in [6.07, 6.45) is 5.96. The van der Waals surface area contributed by atoms with Gasteiger partial charge in [0.25, 0.3) is 0 Å². The number of hydrogen-bond acceptors (Lipinski definition) is 5. The Hall–Kier alpha value is -2.01. The molecule has 0 aliphatic carbocycles. The van der Waals surface area contributed by atoms with Crippen molar-refractivity contribution < 1.29 is 0 Å². The van der Waals surface area contributed by atoms with Gasteiger partial charge in [0.15, 0.2) is 5.82 Å². The zero-order chi connectivity index (χ0) is 13.6. The van der Waals surface area contributed by atoms with Crippen LogP contribution in [-0.4, -0.2) is 34.3 Å². The number of hydrogen-bond donors (Lipinski definition) is 1. The summed E-state index contributed by atoms with van der Waals surface area (Å²) in [5, 5.41) is 11.7. The predicted molar refractivity (Wildman–Crippen MR) is 78.3 cm³/mol. The number of nitrogens with one attached hydrogen (secondary N) is 1. The maximum absolute atomic E-state index is 4.32. The van der Waals surface area contributed by atoms with E-state index in [4.69, 9.17) is 0 Å². The van der Waals surface area contributed by atoms with Gasteiger partial charge in [-0.25, -0.2) is 0 Å². The zero-order valence-electron chi connectivity index (χ0n) is 11.4. The second-order valence-electron chi connectivity index (χ2n) is 5.02. The summed E-state index contributed by atoms with van der Waals surface area (Å²) >= 11 is 0. The largest absolute Gasteiger partial charge is 0.351 e. The molecular formula is C15H19N5. The van der Waals surface area contributed by atoms with Crippen molar-refractivity contribution in [3.05, 3.63) is 48.4 Å². The first kappa shape index (κ1) is 13.0. The Bertz CT molecular complexity index is 516. The van der Waals surface area contributed by atoms with E-state index >= 15 is 0 Å². The molecule has 104 valence electrons. The molecule has 1 saturated heterocycles. The van der Waals surface area contributed by atoms with Gasteiger partial charge >= 0.3 is 0 Å². The normalized spacial score (nSPS) is 18.4. The highest BCUT2D eigenvalue weighted by molar-refractivity contribution is 5.39. The third-order valence-electron chi connectivity index (χ3n) is 3.64. The van der Waals surface area contributed by atoms with Crippen LogP contribution in [0.5, 0.6) is 0 Å². The van der Waals surface area contributed by atoms with Crippen LogP contribution in [0, 0.1) is 0 Å². The predicted octanol–water partition coefficient (Wildman–Crippen LogP) is 1.63. The fourth-order valence-corrected chi connectivity index (χ4v) is 2.67. The molecule has 1 aliphatic rings. The van der Waals surface area contributed by atoms with Crippen molar-refractivity contribution in [1.82, 2.24) is 20.5 Å². The van der Waals surface area contributed by atoms with Crippen molar-refractivity contribution in [2.45, 2.75) is 25.4 Å². The third-order valence-corrected chi connectivity index (χ3v) is 3.64. The van der Waals surface area contributed by atoms with Crippen molar-refractivity contribution in [3.63, 3.8) is 0 Å². The summed E-state index contributed by atoms with van der Waals surface area (Å²) in [5.74, 6) is 0.981. The quantitative estimate of drug-likeness (QED) is 0.894. The maximum atomic E-state index is 4.32. The Kier molecular flexibility index (Phi) is 4.18. The minimum absolute atomic E-state index is 0.496. The zero-order valence-corrected chi connectivity index (χ0v) is 11.4. The first-order valence-corrected chi connectivity index (χ1v) is 7.08. The number of pyridine rings is 1. The first-order chi connectivity index (χ1) is 9.93. The van der Waals surface area contributed by atoms with Crippen LogP contribution in [0.3, 0.4) is 0 Å². The van der Waals surface area contributed by atoms with Crippen molar-refractivity contribution in [2.24, 2.45) is 0 Å². The second-order valence-corrected chi connectivity index (χ2v) is 5.02. The lowest BCUT2D eigenvalue weighted by molar-refractivity contribution is 0.565. The molecule has 1 N–H and O–H groups in total. The molecule has 2 aromatic heterocycles. The number of rotatable bonds is 5. The molecule has 0 saturated carbocycles. The molecule has 3 rings (SSSR count). The van der Waals surface area contributed by atoms with E-state index in [9.17, 15) is 0 Å². The molecule has 0 amide bonds. The van der Waals surface area contributed by atoms with Gasteiger partial charge in [0.1, 0.15) is 0 Å². The van der Waals surface area contributed by atoms with Crippen LogP contribution in [0.2, 0.25) is 0 Å². The van der Waals surface area contributed by atoms with E-state index in [1.165, 1.54) is 12.8 Å². The average molecular weight is 269 g/mol. The molecule has 5 heteroatoms. The Morgan fingerprint density at radius 1 is 1.20 bits per heavy atom. The van der Waals surface area contributed by atoms with E-state index in [0.29, 0.717) is 6.04 Å². The van der Waals surface area contributed by atoms with Crippen LogP contribution in [0.15, 0.2) is 42.7 Å². The molecule has 2 aromatic rings. The van der Waals surface area contributed by atoms with Gasteiger partial charge in [0.05, 0.1) is 5.69 Å². The molecule has 0 aromatic carbocycles. The van der Waals surface area contributed by atoms with Crippen LogP contribution >= 0.6 is 0 Å². The third kappa shape index (κ3) is 3.11. The summed E-state index contributed by atoms with van der Waals surface area (Å²) < 4.78 is 0. The summed E-state index contributed by atoms with van der Waals surface area (Å²) in [4.78, 5) is 6.67. The molecule has 3 heterocycles. The molecule has 1 fully saturated rings. The molecule has 5 nitrogen and oxygen atoms in total. The fourth-order valence-electron chi connectivity index (χ4n) is 2.67. The van der Waals surface area contributed by atoms with Crippen molar-refractivity contribution in [3.8, 4) is 0 Å². The van der Waals surface area contributed by atoms with Crippen molar-refractivity contribution in [2.75, 3.05) is 18.0 Å². The molecule has 1 aliphatic heterocycles. The Morgan fingerprint density at radius 2 is 2.20 bits per heavy atom. The van der Waals surface area contributed by atoms with E-state index in [1.807, 2.05) is 36.5 Å². The highest BCUT2D eigenvalue weighted by Gasteiger charge is 2.25. The summed E-state index contributed by atoms with van der Waals surface area (Å²) in [6.45, 7) is 2.83. The monoisotopic (exact) mass is 269 g/mol. The Labute approximate surface area is 119 Å². The molecule has 1 unspecified atom stereocenters. The van der Waals surface area contributed by atoms with Gasteiger partial charge in [-0.1, -0.05) is 6.07 Å². The lowest BCUT2D eigenvalue weighted by atomic mass is 10.2. The fraction of sp³-hybridized carbons (Fsp3) is 0.400. The van der Waals surface area contributed by atoms with Gasteiger partial charge in [-0.2, -0.15) is 5.10 Å². The van der Waals surface area contributed by atoms with E-state index < -0.39 is 0 Å². The standard InChI is InChI=1S/C15H19N5/c1-2-8-17-13(5-1)11-16-12-14-6-4-10-20(14)15-7-3-9-18-19-15/h1-3,5,7-9,14,16H,4,6,10-12H2. The second kappa shape index (κ2) is 6.43. The Morgan fingerprint density at radius 3 is 3.00 bits per heavy atom. The summed E-state index contributed by atoms with van der Waals surface area (Å²) in [5.41, 5.74) is 1.08. The van der Waals surface area contributed by atoms with E-state index in [1.54, 1.807) is 6.20 Å². The molecule has 20 heavy (non-hydrogen) atoms. The summed E-state index contributed by atoms with van der Waals surface area (Å²) in [6, 6.07) is 10.5. The first-order valence-electron chi connectivity index (χ1n) is 7.08. The van der Waals surface area contributed by atoms with Crippen LogP contribution in [0.25, 0.3) is 0 Å². The Balaban J connectivity index is 1.54. The van der Waals surface area contributed by atoms with E-state index in [0.717, 1.165) is 31.1 Å². The van der Waals surface area contributed by atoms with Crippen LogP contribution in [0.1, 0.15) is 18.5 Å². The number of aromatic nitrogens is 3. The number of anilines is 1. The van der Waals surface area contributed by atoms with Gasteiger partial charge in [0.2, 0.25) is 0 Å². The lowest BCUT2D eigenvalue weighted by Gasteiger charge is -2.25. The van der Waals surface area contributed by atoms with Gasteiger partial charge < -0.3 is 10.2 Å². The minimum Gasteiger partial charge on any atom is -0.351 e. The van der Waals surface area contributed by atoms with Gasteiger partial charge in [0, 0.05) is 38.1 Å². The van der Waals surface area contributed by atoms with Crippen LogP contribution in [0.4, 0.5) is 5.82 Å². The van der Waals surface area contributed by atoms with Crippen LogP contribution in [-0.2, 0) is 6.54 Å². The molecule has 0 radical (unpaired) electrons. The molecule has 0 spiro atoms.